The lowest BCUT2D eigenvalue weighted by molar-refractivity contribution is -0.117. The number of benzene rings is 2. The van der Waals surface area contributed by atoms with Crippen LogP contribution >= 0.6 is 0 Å². The molecule has 1 amide bonds. The number of anilines is 2. The van der Waals surface area contributed by atoms with Gasteiger partial charge >= 0.3 is 0 Å². The van der Waals surface area contributed by atoms with Crippen molar-refractivity contribution in [1.82, 2.24) is 5.32 Å². The van der Waals surface area contributed by atoms with E-state index in [1.165, 1.54) is 0 Å². The van der Waals surface area contributed by atoms with E-state index in [-0.39, 0.29) is 5.91 Å². The van der Waals surface area contributed by atoms with Gasteiger partial charge in [0.2, 0.25) is 5.91 Å². The molecule has 7 nitrogen and oxygen atoms in total. The molecule has 0 bridgehead atoms. The number of hydrogen-bond acceptors (Lipinski definition) is 4. The van der Waals surface area contributed by atoms with E-state index in [1.807, 2.05) is 61.2 Å². The van der Waals surface area contributed by atoms with E-state index in [4.69, 9.17) is 9.47 Å². The SMILES string of the molecule is CCNC(=NCc1ccc(N2CCCC2=O)cc1)Nc1ccc(OCC)c(OC)c1. The van der Waals surface area contributed by atoms with Crippen LogP contribution in [0.25, 0.3) is 0 Å². The first kappa shape index (κ1) is 21.5. The van der Waals surface area contributed by atoms with Crippen LogP contribution in [0.15, 0.2) is 47.5 Å². The largest absolute Gasteiger partial charge is 0.493 e. The van der Waals surface area contributed by atoms with Crippen molar-refractivity contribution in [2.75, 3.05) is 37.0 Å². The number of aliphatic imine (C=N–C) groups is 1. The van der Waals surface area contributed by atoms with Crippen LogP contribution < -0.4 is 25.0 Å². The van der Waals surface area contributed by atoms with Crippen molar-refractivity contribution in [3.8, 4) is 11.5 Å². The van der Waals surface area contributed by atoms with Gasteiger partial charge in [-0.1, -0.05) is 12.1 Å². The lowest BCUT2D eigenvalue weighted by atomic mass is 10.2. The van der Waals surface area contributed by atoms with E-state index in [0.717, 1.165) is 36.4 Å². The van der Waals surface area contributed by atoms with Gasteiger partial charge in [0.05, 0.1) is 20.3 Å². The minimum absolute atomic E-state index is 0.199. The van der Waals surface area contributed by atoms with Gasteiger partial charge in [-0.25, -0.2) is 4.99 Å². The summed E-state index contributed by atoms with van der Waals surface area (Å²) in [5.74, 6) is 2.27. The molecule has 1 saturated heterocycles. The number of carbonyl (C=O) groups excluding carboxylic acids is 1. The van der Waals surface area contributed by atoms with Gasteiger partial charge in [-0.05, 0) is 50.1 Å². The lowest BCUT2D eigenvalue weighted by Crippen LogP contribution is -2.30. The van der Waals surface area contributed by atoms with Crippen molar-refractivity contribution in [2.24, 2.45) is 4.99 Å². The fourth-order valence-corrected chi connectivity index (χ4v) is 3.34. The molecule has 1 aliphatic rings. The number of hydrogen-bond donors (Lipinski definition) is 2. The van der Waals surface area contributed by atoms with Crippen LogP contribution in [0.1, 0.15) is 32.3 Å². The average molecular weight is 411 g/mol. The fourth-order valence-electron chi connectivity index (χ4n) is 3.34. The van der Waals surface area contributed by atoms with Gasteiger partial charge in [0.1, 0.15) is 0 Å². The highest BCUT2D eigenvalue weighted by atomic mass is 16.5. The van der Waals surface area contributed by atoms with Crippen LogP contribution in [0.2, 0.25) is 0 Å². The van der Waals surface area contributed by atoms with Gasteiger partial charge < -0.3 is 25.0 Å². The van der Waals surface area contributed by atoms with E-state index >= 15 is 0 Å². The molecule has 0 aromatic heterocycles. The second-order valence-electron chi connectivity index (χ2n) is 6.93. The maximum atomic E-state index is 11.9. The van der Waals surface area contributed by atoms with Crippen molar-refractivity contribution in [1.29, 1.82) is 0 Å². The smallest absolute Gasteiger partial charge is 0.227 e. The molecule has 0 atom stereocenters. The molecule has 1 heterocycles. The Kier molecular flexibility index (Phi) is 7.54. The Morgan fingerprint density at radius 2 is 1.93 bits per heavy atom. The van der Waals surface area contributed by atoms with Gasteiger partial charge in [-0.15, -0.1) is 0 Å². The van der Waals surface area contributed by atoms with Crippen molar-refractivity contribution < 1.29 is 14.3 Å². The number of nitrogens with zero attached hydrogens (tertiary/aromatic N) is 2. The van der Waals surface area contributed by atoms with E-state index in [0.29, 0.717) is 37.0 Å². The number of amides is 1. The van der Waals surface area contributed by atoms with Crippen LogP contribution in [-0.4, -0.2) is 38.7 Å². The van der Waals surface area contributed by atoms with Crippen LogP contribution in [0.5, 0.6) is 11.5 Å². The summed E-state index contributed by atoms with van der Waals surface area (Å²) in [5.41, 5.74) is 2.89. The molecule has 30 heavy (non-hydrogen) atoms. The third-order valence-corrected chi connectivity index (χ3v) is 4.81. The molecular weight excluding hydrogens is 380 g/mol. The van der Waals surface area contributed by atoms with Crippen LogP contribution in [0.4, 0.5) is 11.4 Å². The predicted molar refractivity (Wildman–Crippen MR) is 121 cm³/mol. The van der Waals surface area contributed by atoms with Gasteiger partial charge in [-0.3, -0.25) is 4.79 Å². The third-order valence-electron chi connectivity index (χ3n) is 4.81. The zero-order valence-corrected chi connectivity index (χ0v) is 17.9. The highest BCUT2D eigenvalue weighted by Crippen LogP contribution is 2.30. The van der Waals surface area contributed by atoms with Crippen molar-refractivity contribution in [3.63, 3.8) is 0 Å². The highest BCUT2D eigenvalue weighted by Gasteiger charge is 2.21. The molecule has 1 fully saturated rings. The molecule has 0 saturated carbocycles. The molecule has 7 heteroatoms. The Balaban J connectivity index is 1.68. The third kappa shape index (κ3) is 5.43. The number of ether oxygens (including phenoxy) is 2. The van der Waals surface area contributed by atoms with Crippen LogP contribution in [0.3, 0.4) is 0 Å². The number of methoxy groups -OCH3 is 1. The molecule has 2 N–H and O–H groups in total. The number of rotatable bonds is 8. The topological polar surface area (TPSA) is 75.2 Å². The van der Waals surface area contributed by atoms with E-state index in [1.54, 1.807) is 7.11 Å². The van der Waals surface area contributed by atoms with Gasteiger partial charge in [0.25, 0.3) is 0 Å². The minimum Gasteiger partial charge on any atom is -0.493 e. The Bertz CT molecular complexity index is 881. The van der Waals surface area contributed by atoms with Crippen molar-refractivity contribution >= 4 is 23.2 Å². The summed E-state index contributed by atoms with van der Waals surface area (Å²) in [5, 5.41) is 6.56. The summed E-state index contributed by atoms with van der Waals surface area (Å²) in [6, 6.07) is 13.7. The number of carbonyl (C=O) groups is 1. The standard InChI is InChI=1S/C23H30N4O3/c1-4-24-23(26-18-10-13-20(30-5-2)21(15-18)29-3)25-16-17-8-11-19(12-9-17)27-14-6-7-22(27)28/h8-13,15H,4-7,14,16H2,1-3H3,(H2,24,25,26). The summed E-state index contributed by atoms with van der Waals surface area (Å²) >= 11 is 0. The predicted octanol–water partition coefficient (Wildman–Crippen LogP) is 3.80. The first-order chi connectivity index (χ1) is 14.6. The molecule has 2 aromatic carbocycles. The Morgan fingerprint density at radius 3 is 2.57 bits per heavy atom. The quantitative estimate of drug-likeness (QED) is 0.511. The summed E-state index contributed by atoms with van der Waals surface area (Å²) < 4.78 is 11.0. The molecule has 1 aliphatic heterocycles. The Hall–Kier alpha value is -3.22. The molecular formula is C23H30N4O3. The summed E-state index contributed by atoms with van der Waals surface area (Å²) in [7, 11) is 1.63. The maximum absolute atomic E-state index is 11.9. The highest BCUT2D eigenvalue weighted by molar-refractivity contribution is 5.95. The van der Waals surface area contributed by atoms with E-state index in [9.17, 15) is 4.79 Å². The van der Waals surface area contributed by atoms with Crippen LogP contribution in [-0.2, 0) is 11.3 Å². The van der Waals surface area contributed by atoms with Crippen LogP contribution in [0, 0.1) is 0 Å². The normalized spacial score (nSPS) is 14.0. The van der Waals surface area contributed by atoms with Gasteiger partial charge in [-0.2, -0.15) is 0 Å². The molecule has 0 unspecified atom stereocenters. The van der Waals surface area contributed by atoms with Gasteiger partial charge in [0.15, 0.2) is 17.5 Å². The first-order valence-corrected chi connectivity index (χ1v) is 10.4. The Labute approximate surface area is 178 Å². The Morgan fingerprint density at radius 1 is 1.13 bits per heavy atom. The second kappa shape index (κ2) is 10.5. The van der Waals surface area contributed by atoms with E-state index < -0.39 is 0 Å². The van der Waals surface area contributed by atoms with Gasteiger partial charge in [0, 0.05) is 37.0 Å². The van der Waals surface area contributed by atoms with Crippen molar-refractivity contribution in [3.05, 3.63) is 48.0 Å². The fraction of sp³-hybridized carbons (Fsp3) is 0.391. The number of guanidine groups is 1. The van der Waals surface area contributed by atoms with E-state index in [2.05, 4.69) is 15.6 Å². The second-order valence-corrected chi connectivity index (χ2v) is 6.93. The molecule has 2 aromatic rings. The maximum Gasteiger partial charge on any atom is 0.227 e. The minimum atomic E-state index is 0.199. The molecule has 0 radical (unpaired) electrons. The molecule has 3 rings (SSSR count). The average Bonchev–Trinajstić information content (AvgIpc) is 3.19. The summed E-state index contributed by atoms with van der Waals surface area (Å²) in [6.07, 6.45) is 1.57. The monoisotopic (exact) mass is 410 g/mol. The first-order valence-electron chi connectivity index (χ1n) is 10.4. The van der Waals surface area contributed by atoms with Crippen molar-refractivity contribution in [2.45, 2.75) is 33.2 Å². The zero-order chi connectivity index (χ0) is 21.3. The molecule has 0 aliphatic carbocycles. The molecule has 0 spiro atoms. The summed E-state index contributed by atoms with van der Waals surface area (Å²) in [6.45, 7) is 6.62. The zero-order valence-electron chi connectivity index (χ0n) is 17.9. The lowest BCUT2D eigenvalue weighted by Gasteiger charge is -2.16. The summed E-state index contributed by atoms with van der Waals surface area (Å²) in [4.78, 5) is 18.4. The number of nitrogens with one attached hydrogen (secondary N) is 2. The molecule has 160 valence electrons.